The molecular formula is C27H26ClN3O4. The summed E-state index contributed by atoms with van der Waals surface area (Å²) in [6.45, 7) is 1.39. The summed E-state index contributed by atoms with van der Waals surface area (Å²) in [5, 5.41) is 15.7. The van der Waals surface area contributed by atoms with Crippen LogP contribution in [0.15, 0.2) is 79.0 Å². The lowest BCUT2D eigenvalue weighted by molar-refractivity contribution is -0.384. The number of benzene rings is 3. The van der Waals surface area contributed by atoms with E-state index in [4.69, 9.17) is 16.3 Å². The Kier molecular flexibility index (Phi) is 7.80. The van der Waals surface area contributed by atoms with E-state index >= 15 is 0 Å². The molecule has 0 aliphatic heterocycles. The molecule has 0 saturated carbocycles. The summed E-state index contributed by atoms with van der Waals surface area (Å²) in [7, 11) is 1.58. The molecule has 35 heavy (non-hydrogen) atoms. The third kappa shape index (κ3) is 5.70. The minimum Gasteiger partial charge on any atom is -0.383 e. The highest BCUT2D eigenvalue weighted by Gasteiger charge is 2.25. The second-order valence-corrected chi connectivity index (χ2v) is 8.68. The number of halogens is 1. The number of ether oxygens (including phenoxy) is 1. The highest BCUT2D eigenvalue weighted by Crippen LogP contribution is 2.39. The first-order valence-electron chi connectivity index (χ1n) is 11.3. The van der Waals surface area contributed by atoms with Crippen molar-refractivity contribution in [2.75, 3.05) is 20.3 Å². The Bertz CT molecular complexity index is 1340. The van der Waals surface area contributed by atoms with Crippen molar-refractivity contribution >= 4 is 34.1 Å². The monoisotopic (exact) mass is 491 g/mol. The Hall–Kier alpha value is -3.68. The number of fused-ring (bicyclic) bond motifs is 1. The number of aromatic nitrogens is 1. The van der Waals surface area contributed by atoms with Crippen molar-refractivity contribution in [1.29, 1.82) is 0 Å². The number of amides is 1. The van der Waals surface area contributed by atoms with Crippen LogP contribution in [0.25, 0.3) is 10.9 Å². The van der Waals surface area contributed by atoms with E-state index in [0.29, 0.717) is 24.7 Å². The Balaban J connectivity index is 1.84. The second-order valence-electron chi connectivity index (χ2n) is 8.28. The number of nitrogens with zero attached hydrogens (tertiary/aromatic N) is 2. The lowest BCUT2D eigenvalue weighted by Crippen LogP contribution is -2.28. The van der Waals surface area contributed by atoms with Crippen molar-refractivity contribution in [2.24, 2.45) is 0 Å². The molecule has 0 saturated heterocycles. The van der Waals surface area contributed by atoms with Crippen LogP contribution in [0.1, 0.15) is 29.0 Å². The number of hydrogen-bond acceptors (Lipinski definition) is 4. The number of carbonyl (C=O) groups excluding carboxylic acids is 1. The number of nitro groups is 1. The van der Waals surface area contributed by atoms with Crippen LogP contribution < -0.4 is 5.32 Å². The summed E-state index contributed by atoms with van der Waals surface area (Å²) in [6.07, 6.45) is 2.12. The van der Waals surface area contributed by atoms with E-state index in [1.54, 1.807) is 25.3 Å². The maximum Gasteiger partial charge on any atom is 0.270 e. The van der Waals surface area contributed by atoms with Gasteiger partial charge in [-0.05, 0) is 28.8 Å². The van der Waals surface area contributed by atoms with Gasteiger partial charge in [-0.25, -0.2) is 0 Å². The summed E-state index contributed by atoms with van der Waals surface area (Å²) in [5.74, 6) is -0.547. The molecule has 180 valence electrons. The fourth-order valence-corrected chi connectivity index (χ4v) is 4.58. The van der Waals surface area contributed by atoms with Gasteiger partial charge in [0, 0.05) is 66.8 Å². The van der Waals surface area contributed by atoms with Gasteiger partial charge in [0.1, 0.15) is 0 Å². The topological polar surface area (TPSA) is 86.4 Å². The first-order valence-corrected chi connectivity index (χ1v) is 11.7. The summed E-state index contributed by atoms with van der Waals surface area (Å²) >= 11 is 6.58. The summed E-state index contributed by atoms with van der Waals surface area (Å²) in [6, 6.07) is 22.2. The molecule has 8 heteroatoms. The molecule has 0 bridgehead atoms. The van der Waals surface area contributed by atoms with Crippen molar-refractivity contribution in [1.82, 2.24) is 9.88 Å². The van der Waals surface area contributed by atoms with Crippen molar-refractivity contribution in [3.63, 3.8) is 0 Å². The van der Waals surface area contributed by atoms with Crippen LogP contribution >= 0.6 is 11.6 Å². The van der Waals surface area contributed by atoms with Gasteiger partial charge >= 0.3 is 0 Å². The van der Waals surface area contributed by atoms with Crippen LogP contribution in [-0.2, 0) is 16.1 Å². The number of non-ortho nitro benzene ring substituents is 1. The molecule has 1 aromatic heterocycles. The molecule has 3 aromatic carbocycles. The van der Waals surface area contributed by atoms with Crippen LogP contribution in [0.5, 0.6) is 0 Å². The second kappa shape index (κ2) is 11.2. The maximum atomic E-state index is 12.9. The van der Waals surface area contributed by atoms with Gasteiger partial charge in [-0.2, -0.15) is 0 Å². The largest absolute Gasteiger partial charge is 0.383 e. The number of rotatable bonds is 10. The third-order valence-corrected chi connectivity index (χ3v) is 6.32. The summed E-state index contributed by atoms with van der Waals surface area (Å²) in [5.41, 5.74) is 3.56. The predicted octanol–water partition coefficient (Wildman–Crippen LogP) is 5.54. The molecule has 0 unspecified atom stereocenters. The van der Waals surface area contributed by atoms with E-state index in [1.807, 2.05) is 54.7 Å². The van der Waals surface area contributed by atoms with Gasteiger partial charge in [0.05, 0.1) is 11.5 Å². The van der Waals surface area contributed by atoms with Gasteiger partial charge in [-0.15, -0.1) is 0 Å². The molecule has 4 rings (SSSR count). The van der Waals surface area contributed by atoms with Crippen LogP contribution in [0, 0.1) is 10.1 Å². The van der Waals surface area contributed by atoms with Crippen LogP contribution in [0.3, 0.4) is 0 Å². The van der Waals surface area contributed by atoms with Crippen LogP contribution in [0.4, 0.5) is 5.69 Å². The lowest BCUT2D eigenvalue weighted by atomic mass is 9.88. The average molecular weight is 492 g/mol. The smallest absolute Gasteiger partial charge is 0.270 e. The van der Waals surface area contributed by atoms with Crippen LogP contribution in [-0.4, -0.2) is 35.7 Å². The number of nitrogens with one attached hydrogen (secondary N) is 1. The first kappa shape index (κ1) is 24.4. The van der Waals surface area contributed by atoms with E-state index in [9.17, 15) is 14.9 Å². The summed E-state index contributed by atoms with van der Waals surface area (Å²) < 4.78 is 7.10. The minimum atomic E-state index is -0.403. The maximum absolute atomic E-state index is 12.9. The number of methoxy groups -OCH3 is 1. The van der Waals surface area contributed by atoms with Crippen molar-refractivity contribution in [3.05, 3.63) is 111 Å². The van der Waals surface area contributed by atoms with Gasteiger partial charge < -0.3 is 14.6 Å². The quantitative estimate of drug-likeness (QED) is 0.179. The van der Waals surface area contributed by atoms with E-state index in [0.717, 1.165) is 27.6 Å². The fourth-order valence-electron chi connectivity index (χ4n) is 4.31. The zero-order valence-electron chi connectivity index (χ0n) is 19.3. The van der Waals surface area contributed by atoms with E-state index in [1.165, 1.54) is 6.07 Å². The molecular weight excluding hydrogens is 466 g/mol. The molecule has 0 spiro atoms. The molecule has 1 N–H and O–H groups in total. The molecule has 1 heterocycles. The number of hydrogen-bond donors (Lipinski definition) is 1. The molecule has 1 atom stereocenters. The van der Waals surface area contributed by atoms with Gasteiger partial charge in [-0.1, -0.05) is 60.1 Å². The molecule has 0 fully saturated rings. The molecule has 0 radical (unpaired) electrons. The Labute approximate surface area is 208 Å². The fraction of sp³-hybridized carbons (Fsp3) is 0.222. The normalized spacial score (nSPS) is 11.9. The Morgan fingerprint density at radius 3 is 2.54 bits per heavy atom. The molecule has 7 nitrogen and oxygen atoms in total. The van der Waals surface area contributed by atoms with E-state index in [-0.39, 0.29) is 18.0 Å². The Morgan fingerprint density at radius 2 is 1.83 bits per heavy atom. The highest BCUT2D eigenvalue weighted by molar-refractivity contribution is 6.31. The van der Waals surface area contributed by atoms with Crippen LogP contribution in [0.2, 0.25) is 5.02 Å². The average Bonchev–Trinajstić information content (AvgIpc) is 3.21. The third-order valence-electron chi connectivity index (χ3n) is 5.98. The van der Waals surface area contributed by atoms with Gasteiger partial charge in [0.15, 0.2) is 0 Å². The van der Waals surface area contributed by atoms with Crippen molar-refractivity contribution in [2.45, 2.75) is 18.9 Å². The van der Waals surface area contributed by atoms with Crippen molar-refractivity contribution < 1.29 is 14.5 Å². The molecule has 0 aliphatic rings. The highest BCUT2D eigenvalue weighted by atomic mass is 35.5. The number of nitro benzene ring substituents is 1. The number of carbonyl (C=O) groups is 1. The zero-order valence-corrected chi connectivity index (χ0v) is 20.1. The van der Waals surface area contributed by atoms with E-state index < -0.39 is 10.8 Å². The zero-order chi connectivity index (χ0) is 24.8. The van der Waals surface area contributed by atoms with E-state index in [2.05, 4.69) is 9.88 Å². The lowest BCUT2D eigenvalue weighted by Gasteiger charge is -2.18. The minimum absolute atomic E-state index is 0.00124. The molecule has 4 aromatic rings. The standard InChI is InChI=1S/C27H26ClN3O4/c1-35-14-13-29-27(32)16-22(21-9-5-6-10-25(21)28)24-18-30(17-19-7-3-2-4-8-19)26-12-11-20(31(33)34)15-23(24)26/h2-12,15,18,22H,13-14,16-17H2,1H3,(H,29,32)/t22-/m1/s1. The predicted molar refractivity (Wildman–Crippen MR) is 137 cm³/mol. The SMILES string of the molecule is COCCNC(=O)C[C@H](c1ccccc1Cl)c1cn(Cc2ccccc2)c2ccc([N+](=O)[O-])cc12. The molecule has 0 aliphatic carbocycles. The van der Waals surface area contributed by atoms with Gasteiger partial charge in [-0.3, -0.25) is 14.9 Å². The van der Waals surface area contributed by atoms with Gasteiger partial charge in [0.2, 0.25) is 5.91 Å². The van der Waals surface area contributed by atoms with Gasteiger partial charge in [0.25, 0.3) is 5.69 Å². The Morgan fingerprint density at radius 1 is 1.09 bits per heavy atom. The first-order chi connectivity index (χ1) is 17.0. The molecule has 1 amide bonds. The van der Waals surface area contributed by atoms with Crippen molar-refractivity contribution in [3.8, 4) is 0 Å². The summed E-state index contributed by atoms with van der Waals surface area (Å²) in [4.78, 5) is 24.0.